The second kappa shape index (κ2) is 9.02. The lowest BCUT2D eigenvalue weighted by Gasteiger charge is -2.28. The number of hydrogen-bond donors (Lipinski definition) is 2. The van der Waals surface area contributed by atoms with Gasteiger partial charge in [-0.15, -0.1) is 0 Å². The molecular weight excluding hydrogens is 444 g/mol. The molecule has 0 radical (unpaired) electrons. The number of rotatable bonds is 7. The molecule has 1 heterocycles. The molecule has 0 aromatic heterocycles. The largest absolute Gasteiger partial charge is 0.481 e. The van der Waals surface area contributed by atoms with Crippen molar-refractivity contribution in [1.82, 2.24) is 10.2 Å². The first-order valence-corrected chi connectivity index (χ1v) is 12.5. The van der Waals surface area contributed by atoms with Crippen molar-refractivity contribution in [3.05, 3.63) is 59.7 Å². The summed E-state index contributed by atoms with van der Waals surface area (Å²) in [4.78, 5) is 39.7. The van der Waals surface area contributed by atoms with Crippen molar-refractivity contribution in [2.24, 2.45) is 17.3 Å². The van der Waals surface area contributed by atoms with Crippen LogP contribution in [0.15, 0.2) is 48.5 Å². The van der Waals surface area contributed by atoms with Crippen LogP contribution in [0.4, 0.5) is 4.79 Å². The zero-order chi connectivity index (χ0) is 24.7. The Balaban J connectivity index is 1.26. The number of aliphatic carboxylic acids is 1. The summed E-state index contributed by atoms with van der Waals surface area (Å²) in [5.74, 6) is -1.76. The topological polar surface area (TPSA) is 95.9 Å². The summed E-state index contributed by atoms with van der Waals surface area (Å²) >= 11 is 0. The van der Waals surface area contributed by atoms with Crippen molar-refractivity contribution in [2.75, 3.05) is 19.7 Å². The van der Waals surface area contributed by atoms with Crippen molar-refractivity contribution in [2.45, 2.75) is 45.1 Å². The molecular formula is C28H32N2O5. The lowest BCUT2D eigenvalue weighted by atomic mass is 9.93. The first kappa shape index (κ1) is 23.4. The molecule has 2 fully saturated rings. The minimum absolute atomic E-state index is 0.0597. The summed E-state index contributed by atoms with van der Waals surface area (Å²) in [5, 5.41) is 12.4. The first-order chi connectivity index (χ1) is 16.8. The maximum Gasteiger partial charge on any atom is 0.407 e. The second-order valence-electron chi connectivity index (χ2n) is 10.3. The van der Waals surface area contributed by atoms with E-state index in [2.05, 4.69) is 29.6 Å². The van der Waals surface area contributed by atoms with Crippen molar-refractivity contribution >= 4 is 18.0 Å². The van der Waals surface area contributed by atoms with E-state index in [1.807, 2.05) is 38.1 Å². The van der Waals surface area contributed by atoms with E-state index in [0.29, 0.717) is 13.0 Å². The van der Waals surface area contributed by atoms with E-state index in [-0.39, 0.29) is 36.3 Å². The summed E-state index contributed by atoms with van der Waals surface area (Å²) in [7, 11) is 0. The number of carboxylic acids is 1. The molecule has 1 saturated carbocycles. The molecule has 35 heavy (non-hydrogen) atoms. The number of ether oxygens (including phenoxy) is 1. The molecule has 7 nitrogen and oxygen atoms in total. The highest BCUT2D eigenvalue weighted by Gasteiger charge is 2.59. The Labute approximate surface area is 205 Å². The summed E-state index contributed by atoms with van der Waals surface area (Å²) in [6, 6.07) is 15.5. The quantitative estimate of drug-likeness (QED) is 0.622. The van der Waals surface area contributed by atoms with Crippen molar-refractivity contribution < 1.29 is 24.2 Å². The Hall–Kier alpha value is -3.35. The molecule has 5 rings (SSSR count). The van der Waals surface area contributed by atoms with Gasteiger partial charge in [0.2, 0.25) is 5.91 Å². The Morgan fingerprint density at radius 3 is 2.20 bits per heavy atom. The minimum Gasteiger partial charge on any atom is -0.481 e. The Morgan fingerprint density at radius 2 is 1.69 bits per heavy atom. The molecule has 1 spiro atoms. The number of carbonyl (C=O) groups excluding carboxylic acids is 2. The van der Waals surface area contributed by atoms with Gasteiger partial charge in [0.05, 0.1) is 5.92 Å². The van der Waals surface area contributed by atoms with E-state index in [4.69, 9.17) is 4.74 Å². The van der Waals surface area contributed by atoms with Crippen LogP contribution < -0.4 is 5.32 Å². The van der Waals surface area contributed by atoms with Crippen LogP contribution in [0.2, 0.25) is 0 Å². The predicted octanol–water partition coefficient (Wildman–Crippen LogP) is 4.26. The molecule has 2 aromatic carbocycles. The van der Waals surface area contributed by atoms with E-state index in [0.717, 1.165) is 35.1 Å². The van der Waals surface area contributed by atoms with E-state index in [9.17, 15) is 19.5 Å². The van der Waals surface area contributed by atoms with Crippen molar-refractivity contribution in [3.8, 4) is 11.1 Å². The van der Waals surface area contributed by atoms with Gasteiger partial charge in [0.15, 0.2) is 0 Å². The van der Waals surface area contributed by atoms with Crippen molar-refractivity contribution in [3.63, 3.8) is 0 Å². The van der Waals surface area contributed by atoms with Gasteiger partial charge in [-0.2, -0.15) is 0 Å². The predicted molar refractivity (Wildman–Crippen MR) is 131 cm³/mol. The maximum absolute atomic E-state index is 13.4. The van der Waals surface area contributed by atoms with Crippen LogP contribution in [0.5, 0.6) is 0 Å². The lowest BCUT2D eigenvalue weighted by molar-refractivity contribution is -0.143. The van der Waals surface area contributed by atoms with E-state index in [1.165, 1.54) is 0 Å². The number of alkyl carbamates (subject to hydrolysis) is 1. The average Bonchev–Trinajstić information content (AvgIpc) is 3.41. The number of likely N-dealkylation sites (tertiary alicyclic amines) is 1. The third-order valence-electron chi connectivity index (χ3n) is 8.25. The monoisotopic (exact) mass is 476 g/mol. The van der Waals surface area contributed by atoms with Gasteiger partial charge in [0, 0.05) is 24.4 Å². The summed E-state index contributed by atoms with van der Waals surface area (Å²) in [5.41, 5.74) is 4.28. The van der Waals surface area contributed by atoms with E-state index >= 15 is 0 Å². The molecule has 2 N–H and O–H groups in total. The summed E-state index contributed by atoms with van der Waals surface area (Å²) in [6.45, 7) is 4.71. The van der Waals surface area contributed by atoms with Gasteiger partial charge in [0.1, 0.15) is 12.6 Å². The number of carbonyl (C=O) groups is 3. The average molecular weight is 477 g/mol. The fourth-order valence-corrected chi connectivity index (χ4v) is 5.79. The zero-order valence-corrected chi connectivity index (χ0v) is 20.2. The van der Waals surface area contributed by atoms with Crippen molar-refractivity contribution in [1.29, 1.82) is 0 Å². The SMILES string of the molecule is CC[C@H](C)[C@H](NC(=O)OCC1c2ccccc2-c2ccccc21)C(=O)N1CC(C(=O)O)C2(CC2)C1. The standard InChI is InChI=1S/C28H32N2O5/c1-3-17(2)24(25(31)30-14-23(26(32)33)28(16-30)12-13-28)29-27(34)35-15-22-20-10-6-4-8-18(20)19-9-5-7-11-21(19)22/h4-11,17,22-24H,3,12-16H2,1-2H3,(H,29,34)(H,32,33)/t17-,23?,24-/m0/s1. The van der Waals surface area contributed by atoms with Gasteiger partial charge in [-0.05, 0) is 41.0 Å². The third kappa shape index (κ3) is 4.17. The number of nitrogens with zero attached hydrogens (tertiary/aromatic N) is 1. The summed E-state index contributed by atoms with van der Waals surface area (Å²) in [6.07, 6.45) is 1.74. The van der Waals surface area contributed by atoms with E-state index < -0.39 is 24.0 Å². The maximum atomic E-state index is 13.4. The zero-order valence-electron chi connectivity index (χ0n) is 20.2. The number of fused-ring (bicyclic) bond motifs is 3. The number of amides is 2. The normalized spacial score (nSPS) is 21.2. The third-order valence-corrected chi connectivity index (χ3v) is 8.25. The molecule has 184 valence electrons. The van der Waals surface area contributed by atoms with E-state index in [1.54, 1.807) is 4.90 Å². The Morgan fingerprint density at radius 1 is 1.09 bits per heavy atom. The molecule has 3 atom stereocenters. The fourth-order valence-electron chi connectivity index (χ4n) is 5.79. The van der Waals surface area contributed by atoms with Crippen LogP contribution in [0.1, 0.15) is 50.2 Å². The second-order valence-corrected chi connectivity index (χ2v) is 10.3. The number of nitrogens with one attached hydrogen (secondary N) is 1. The Kier molecular flexibility index (Phi) is 6.03. The fraction of sp³-hybridized carbons (Fsp3) is 0.464. The molecule has 7 heteroatoms. The number of benzene rings is 2. The Bertz CT molecular complexity index is 1110. The molecule has 0 bridgehead atoms. The van der Waals surface area contributed by atoms with Crippen LogP contribution >= 0.6 is 0 Å². The van der Waals surface area contributed by atoms with Gasteiger partial charge >= 0.3 is 12.1 Å². The van der Waals surface area contributed by atoms with Crippen LogP contribution in [-0.2, 0) is 14.3 Å². The highest BCUT2D eigenvalue weighted by atomic mass is 16.5. The molecule has 1 aliphatic heterocycles. The number of carboxylic acid groups (broad SMARTS) is 1. The van der Waals surface area contributed by atoms with Crippen LogP contribution in [0, 0.1) is 17.3 Å². The first-order valence-electron chi connectivity index (χ1n) is 12.5. The van der Waals surface area contributed by atoms with Gasteiger partial charge in [-0.1, -0.05) is 68.8 Å². The highest BCUT2D eigenvalue weighted by molar-refractivity contribution is 5.87. The minimum atomic E-state index is -0.845. The van der Waals surface area contributed by atoms with Crippen LogP contribution in [0.25, 0.3) is 11.1 Å². The molecule has 3 aliphatic rings. The van der Waals surface area contributed by atoms with Gasteiger partial charge in [-0.25, -0.2) is 4.79 Å². The highest BCUT2D eigenvalue weighted by Crippen LogP contribution is 2.56. The van der Waals surface area contributed by atoms with Gasteiger partial charge in [0.25, 0.3) is 0 Å². The van der Waals surface area contributed by atoms with Crippen LogP contribution in [0.3, 0.4) is 0 Å². The number of hydrogen-bond acceptors (Lipinski definition) is 4. The van der Waals surface area contributed by atoms with Gasteiger partial charge in [-0.3, -0.25) is 9.59 Å². The molecule has 2 aromatic rings. The molecule has 2 amide bonds. The summed E-state index contributed by atoms with van der Waals surface area (Å²) < 4.78 is 5.68. The lowest BCUT2D eigenvalue weighted by Crippen LogP contribution is -2.51. The molecule has 2 aliphatic carbocycles. The van der Waals surface area contributed by atoms with Gasteiger partial charge < -0.3 is 20.1 Å². The van der Waals surface area contributed by atoms with Crippen LogP contribution in [-0.4, -0.2) is 53.7 Å². The molecule has 1 unspecified atom stereocenters. The smallest absolute Gasteiger partial charge is 0.407 e. The molecule has 1 saturated heterocycles.